The molecule has 1 aromatic rings. The molecule has 0 unspecified atom stereocenters. The Morgan fingerprint density at radius 2 is 2.14 bits per heavy atom. The summed E-state index contributed by atoms with van der Waals surface area (Å²) in [4.78, 5) is 12.5. The van der Waals surface area contributed by atoms with E-state index in [0.29, 0.717) is 16.5 Å². The van der Waals surface area contributed by atoms with E-state index in [1.165, 1.54) is 11.0 Å². The molecule has 0 aliphatic rings. The van der Waals surface area contributed by atoms with Gasteiger partial charge >= 0.3 is 6.09 Å². The first-order valence-corrected chi connectivity index (χ1v) is 4.32. The van der Waals surface area contributed by atoms with Crippen molar-refractivity contribution in [3.8, 4) is 5.75 Å². The molecule has 14 heavy (non-hydrogen) atoms. The third-order valence-corrected chi connectivity index (χ3v) is 1.81. The first kappa shape index (κ1) is 10.7. The molecule has 1 aromatic carbocycles. The van der Waals surface area contributed by atoms with E-state index in [4.69, 9.17) is 22.1 Å². The van der Waals surface area contributed by atoms with Crippen molar-refractivity contribution in [3.05, 3.63) is 23.2 Å². The molecule has 0 aliphatic carbocycles. The van der Waals surface area contributed by atoms with Gasteiger partial charge in [-0.05, 0) is 18.2 Å². The standard InChI is InChI=1S/C9H11ClN2O2/c1-12(2)9(13)14-8-4-3-6(11)5-7(8)10/h3-5H,11H2,1-2H3. The zero-order valence-electron chi connectivity index (χ0n) is 7.95. The van der Waals surface area contributed by atoms with Crippen LogP contribution in [0.25, 0.3) is 0 Å². The van der Waals surface area contributed by atoms with Gasteiger partial charge in [-0.2, -0.15) is 0 Å². The number of amides is 1. The third-order valence-electron chi connectivity index (χ3n) is 1.52. The molecule has 0 fully saturated rings. The van der Waals surface area contributed by atoms with Crippen molar-refractivity contribution in [2.75, 3.05) is 19.8 Å². The topological polar surface area (TPSA) is 55.6 Å². The highest BCUT2D eigenvalue weighted by Gasteiger charge is 2.09. The molecule has 0 aliphatic heterocycles. The van der Waals surface area contributed by atoms with E-state index in [0.717, 1.165) is 0 Å². The summed E-state index contributed by atoms with van der Waals surface area (Å²) in [6.07, 6.45) is -0.475. The van der Waals surface area contributed by atoms with E-state index < -0.39 is 6.09 Å². The van der Waals surface area contributed by atoms with E-state index in [1.807, 2.05) is 0 Å². The number of ether oxygens (including phenoxy) is 1. The van der Waals surface area contributed by atoms with Gasteiger partial charge in [0.1, 0.15) is 0 Å². The quantitative estimate of drug-likeness (QED) is 0.728. The summed E-state index contributed by atoms with van der Waals surface area (Å²) in [7, 11) is 3.18. The Morgan fingerprint density at radius 1 is 1.50 bits per heavy atom. The number of hydrogen-bond acceptors (Lipinski definition) is 3. The molecule has 4 nitrogen and oxygen atoms in total. The van der Waals surface area contributed by atoms with Crippen molar-refractivity contribution >= 4 is 23.4 Å². The van der Waals surface area contributed by atoms with Crippen molar-refractivity contribution in [3.63, 3.8) is 0 Å². The summed E-state index contributed by atoms with van der Waals surface area (Å²) in [6, 6.07) is 4.70. The van der Waals surface area contributed by atoms with Crippen molar-refractivity contribution in [2.45, 2.75) is 0 Å². The van der Waals surface area contributed by atoms with Gasteiger partial charge in [0, 0.05) is 19.8 Å². The SMILES string of the molecule is CN(C)C(=O)Oc1ccc(N)cc1Cl. The van der Waals surface area contributed by atoms with Crippen LogP contribution in [-0.4, -0.2) is 25.1 Å². The van der Waals surface area contributed by atoms with Crippen LogP contribution in [0.3, 0.4) is 0 Å². The van der Waals surface area contributed by atoms with Crippen LogP contribution >= 0.6 is 11.6 Å². The van der Waals surface area contributed by atoms with Gasteiger partial charge in [0.25, 0.3) is 0 Å². The van der Waals surface area contributed by atoms with Crippen molar-refractivity contribution in [2.24, 2.45) is 0 Å². The summed E-state index contributed by atoms with van der Waals surface area (Å²) in [5, 5.41) is 0.320. The van der Waals surface area contributed by atoms with E-state index in [9.17, 15) is 4.79 Å². The molecule has 0 bridgehead atoms. The second kappa shape index (κ2) is 4.19. The Morgan fingerprint density at radius 3 is 2.64 bits per heavy atom. The van der Waals surface area contributed by atoms with Gasteiger partial charge in [-0.1, -0.05) is 11.6 Å². The fourth-order valence-corrected chi connectivity index (χ4v) is 1.01. The minimum Gasteiger partial charge on any atom is -0.409 e. The zero-order chi connectivity index (χ0) is 10.7. The van der Waals surface area contributed by atoms with Crippen LogP contribution in [0.2, 0.25) is 5.02 Å². The molecule has 2 N–H and O–H groups in total. The van der Waals surface area contributed by atoms with Gasteiger partial charge in [-0.25, -0.2) is 4.79 Å². The summed E-state index contributed by atoms with van der Waals surface area (Å²) in [6.45, 7) is 0. The molecule has 0 saturated carbocycles. The zero-order valence-corrected chi connectivity index (χ0v) is 8.71. The minimum absolute atomic E-state index is 0.305. The smallest absolute Gasteiger partial charge is 0.409 e. The largest absolute Gasteiger partial charge is 0.414 e. The van der Waals surface area contributed by atoms with Crippen LogP contribution in [-0.2, 0) is 0 Å². The molecule has 0 saturated heterocycles. The number of carbonyl (C=O) groups is 1. The van der Waals surface area contributed by atoms with Crippen molar-refractivity contribution in [1.82, 2.24) is 4.90 Å². The molecule has 0 radical (unpaired) electrons. The van der Waals surface area contributed by atoms with Crippen molar-refractivity contribution in [1.29, 1.82) is 0 Å². The molecule has 0 atom stereocenters. The lowest BCUT2D eigenvalue weighted by Gasteiger charge is -2.11. The second-order valence-corrected chi connectivity index (χ2v) is 3.36. The average molecular weight is 215 g/mol. The van der Waals surface area contributed by atoms with Gasteiger partial charge in [0.2, 0.25) is 0 Å². The van der Waals surface area contributed by atoms with Gasteiger partial charge in [0.05, 0.1) is 5.02 Å². The number of rotatable bonds is 1. The number of nitrogen functional groups attached to an aromatic ring is 1. The Labute approximate surface area is 87.2 Å². The summed E-state index contributed by atoms with van der Waals surface area (Å²) < 4.78 is 4.96. The van der Waals surface area contributed by atoms with E-state index >= 15 is 0 Å². The summed E-state index contributed by atoms with van der Waals surface area (Å²) in [5.41, 5.74) is 6.01. The Hall–Kier alpha value is -1.42. The fourth-order valence-electron chi connectivity index (χ4n) is 0.785. The Kier molecular flexibility index (Phi) is 3.19. The highest BCUT2D eigenvalue weighted by Crippen LogP contribution is 2.26. The summed E-state index contributed by atoms with van der Waals surface area (Å²) in [5.74, 6) is 0.305. The normalized spacial score (nSPS) is 9.64. The Balaban J connectivity index is 2.82. The van der Waals surface area contributed by atoms with E-state index in [-0.39, 0.29) is 0 Å². The van der Waals surface area contributed by atoms with Crippen LogP contribution in [0, 0.1) is 0 Å². The maximum absolute atomic E-state index is 11.2. The number of carbonyl (C=O) groups excluding carboxylic acids is 1. The number of halogens is 1. The van der Waals surface area contributed by atoms with Gasteiger partial charge in [-0.15, -0.1) is 0 Å². The van der Waals surface area contributed by atoms with Crippen LogP contribution in [0.15, 0.2) is 18.2 Å². The molecule has 5 heteroatoms. The van der Waals surface area contributed by atoms with Crippen LogP contribution in [0.1, 0.15) is 0 Å². The van der Waals surface area contributed by atoms with E-state index in [2.05, 4.69) is 0 Å². The van der Waals surface area contributed by atoms with E-state index in [1.54, 1.807) is 26.2 Å². The number of hydrogen-bond donors (Lipinski definition) is 1. The molecular formula is C9H11ClN2O2. The maximum Gasteiger partial charge on any atom is 0.414 e. The third kappa shape index (κ3) is 2.53. The maximum atomic E-state index is 11.2. The Bertz CT molecular complexity index is 353. The molecule has 1 amide bonds. The average Bonchev–Trinajstić information content (AvgIpc) is 2.09. The second-order valence-electron chi connectivity index (χ2n) is 2.95. The lowest BCUT2D eigenvalue weighted by atomic mass is 10.3. The van der Waals surface area contributed by atoms with Gasteiger partial charge in [0.15, 0.2) is 5.75 Å². The van der Waals surface area contributed by atoms with Crippen molar-refractivity contribution < 1.29 is 9.53 Å². The lowest BCUT2D eigenvalue weighted by molar-refractivity contribution is 0.172. The molecule has 0 spiro atoms. The predicted octanol–water partition coefficient (Wildman–Crippen LogP) is 1.98. The first-order valence-electron chi connectivity index (χ1n) is 3.95. The minimum atomic E-state index is -0.475. The summed E-state index contributed by atoms with van der Waals surface area (Å²) >= 11 is 5.80. The van der Waals surface area contributed by atoms with Crippen LogP contribution < -0.4 is 10.5 Å². The molecule has 0 heterocycles. The van der Waals surface area contributed by atoms with Gasteiger partial charge in [-0.3, -0.25) is 0 Å². The number of benzene rings is 1. The molecule has 0 aromatic heterocycles. The number of anilines is 1. The lowest BCUT2D eigenvalue weighted by Crippen LogP contribution is -2.25. The number of nitrogens with two attached hydrogens (primary N) is 1. The molecular weight excluding hydrogens is 204 g/mol. The predicted molar refractivity (Wildman–Crippen MR) is 55.6 cm³/mol. The fraction of sp³-hybridized carbons (Fsp3) is 0.222. The molecule has 76 valence electrons. The van der Waals surface area contributed by atoms with Gasteiger partial charge < -0.3 is 15.4 Å². The number of nitrogens with zero attached hydrogens (tertiary/aromatic N) is 1. The first-order chi connectivity index (χ1) is 6.50. The highest BCUT2D eigenvalue weighted by molar-refractivity contribution is 6.32. The van der Waals surface area contributed by atoms with Crippen LogP contribution in [0.5, 0.6) is 5.75 Å². The molecule has 1 rings (SSSR count). The highest BCUT2D eigenvalue weighted by atomic mass is 35.5. The monoisotopic (exact) mass is 214 g/mol. The van der Waals surface area contributed by atoms with Crippen LogP contribution in [0.4, 0.5) is 10.5 Å².